The van der Waals surface area contributed by atoms with Crippen molar-refractivity contribution in [3.8, 4) is 0 Å². The average molecular weight is 962 g/mol. The van der Waals surface area contributed by atoms with Crippen LogP contribution in [-0.2, 0) is 23.8 Å². The fraction of sp³-hybridized carbons (Fsp3) is 0.825. The number of aliphatic hydroxyl groups excluding tert-OH is 5. The fourth-order valence-electron chi connectivity index (χ4n) is 8.38. The van der Waals surface area contributed by atoms with Gasteiger partial charge in [0.15, 0.2) is 6.29 Å². The monoisotopic (exact) mass is 962 g/mol. The number of nitrogens with one attached hydrogen (secondary N) is 1. The van der Waals surface area contributed by atoms with Crippen molar-refractivity contribution in [3.05, 3.63) is 48.6 Å². The van der Waals surface area contributed by atoms with Gasteiger partial charge in [-0.1, -0.05) is 184 Å². The van der Waals surface area contributed by atoms with Crippen LogP contribution in [0.25, 0.3) is 0 Å². The molecule has 1 fully saturated rings. The first-order valence-corrected chi connectivity index (χ1v) is 27.9. The van der Waals surface area contributed by atoms with E-state index in [4.69, 9.17) is 14.2 Å². The number of carbonyl (C=O) groups is 2. The second-order valence-electron chi connectivity index (χ2n) is 19.3. The van der Waals surface area contributed by atoms with Gasteiger partial charge >= 0.3 is 5.97 Å². The van der Waals surface area contributed by atoms with Gasteiger partial charge in [0.25, 0.3) is 0 Å². The molecule has 1 amide bonds. The lowest BCUT2D eigenvalue weighted by atomic mass is 9.99. The molecular formula is C57H103NO10. The molecule has 1 saturated heterocycles. The second-order valence-corrected chi connectivity index (χ2v) is 19.3. The number of rotatable bonds is 47. The molecule has 11 nitrogen and oxygen atoms in total. The van der Waals surface area contributed by atoms with E-state index in [9.17, 15) is 35.1 Å². The van der Waals surface area contributed by atoms with Crippen LogP contribution in [-0.4, -0.2) is 100 Å². The molecule has 0 aliphatic carbocycles. The van der Waals surface area contributed by atoms with Gasteiger partial charge in [-0.3, -0.25) is 9.59 Å². The molecule has 68 heavy (non-hydrogen) atoms. The first kappa shape index (κ1) is 63.6. The van der Waals surface area contributed by atoms with Crippen LogP contribution >= 0.6 is 0 Å². The summed E-state index contributed by atoms with van der Waals surface area (Å²) in [5, 5.41) is 54.3. The summed E-state index contributed by atoms with van der Waals surface area (Å²) in [6.07, 6.45) is 47.6. The lowest BCUT2D eigenvalue weighted by Gasteiger charge is -2.40. The van der Waals surface area contributed by atoms with Crippen molar-refractivity contribution < 1.29 is 49.3 Å². The summed E-state index contributed by atoms with van der Waals surface area (Å²) in [6.45, 7) is 4.23. The lowest BCUT2D eigenvalue weighted by molar-refractivity contribution is -0.302. The van der Waals surface area contributed by atoms with Crippen molar-refractivity contribution in [2.75, 3.05) is 19.8 Å². The average Bonchev–Trinajstić information content (AvgIpc) is 3.33. The Bertz CT molecular complexity index is 1270. The smallest absolute Gasteiger partial charge is 0.305 e. The SMILES string of the molecule is CCCC/C=C\CCCCCCCC(=O)OCCCCC/C=C\C/C=C\CCCCCCCCCC(=O)NC(COC1OC(CO)C(O)C(O)C1O)C(O)/C=C/CCCCCCCCCCCC. The molecule has 0 spiro atoms. The second kappa shape index (κ2) is 47.0. The third-order valence-electron chi connectivity index (χ3n) is 12.9. The number of unbranched alkanes of at least 4 members (excludes halogenated alkanes) is 27. The maximum absolute atomic E-state index is 13.0. The maximum atomic E-state index is 13.0. The highest BCUT2D eigenvalue weighted by molar-refractivity contribution is 5.76. The molecule has 7 atom stereocenters. The minimum atomic E-state index is -1.58. The summed E-state index contributed by atoms with van der Waals surface area (Å²) in [4.78, 5) is 25.0. The van der Waals surface area contributed by atoms with Crippen LogP contribution in [0.15, 0.2) is 48.6 Å². The molecule has 6 N–H and O–H groups in total. The van der Waals surface area contributed by atoms with E-state index in [0.29, 0.717) is 19.4 Å². The Balaban J connectivity index is 2.17. The Hall–Kier alpha value is -2.38. The number of ether oxygens (including phenoxy) is 3. The summed E-state index contributed by atoms with van der Waals surface area (Å²) in [6, 6.07) is -0.822. The summed E-state index contributed by atoms with van der Waals surface area (Å²) < 4.78 is 16.6. The van der Waals surface area contributed by atoms with Gasteiger partial charge in [0.05, 0.1) is 32.0 Å². The molecule has 1 aliphatic heterocycles. The number of hydrogen-bond donors (Lipinski definition) is 6. The Morgan fingerprint density at radius 3 is 1.54 bits per heavy atom. The molecule has 0 aromatic heterocycles. The Kier molecular flexibility index (Phi) is 44.0. The first-order chi connectivity index (χ1) is 33.2. The number of esters is 1. The van der Waals surface area contributed by atoms with Gasteiger partial charge in [-0.25, -0.2) is 0 Å². The van der Waals surface area contributed by atoms with Gasteiger partial charge in [0.2, 0.25) is 5.91 Å². The van der Waals surface area contributed by atoms with Crippen LogP contribution < -0.4 is 5.32 Å². The number of aliphatic hydroxyl groups is 5. The number of amides is 1. The zero-order chi connectivity index (χ0) is 49.6. The van der Waals surface area contributed by atoms with Gasteiger partial charge in [-0.2, -0.15) is 0 Å². The normalized spacial score (nSPS) is 19.8. The molecule has 0 aromatic rings. The van der Waals surface area contributed by atoms with Gasteiger partial charge < -0.3 is 45.1 Å². The van der Waals surface area contributed by atoms with Crippen molar-refractivity contribution in [2.24, 2.45) is 0 Å². The molecule has 396 valence electrons. The van der Waals surface area contributed by atoms with E-state index in [1.807, 2.05) is 6.08 Å². The predicted octanol–water partition coefficient (Wildman–Crippen LogP) is 12.1. The number of carbonyl (C=O) groups excluding carboxylic acids is 2. The third kappa shape index (κ3) is 36.5. The summed E-state index contributed by atoms with van der Waals surface area (Å²) in [5.74, 6) is -0.244. The molecule has 7 unspecified atom stereocenters. The van der Waals surface area contributed by atoms with Crippen LogP contribution in [0.3, 0.4) is 0 Å². The van der Waals surface area contributed by atoms with Crippen molar-refractivity contribution in [2.45, 2.75) is 281 Å². The van der Waals surface area contributed by atoms with E-state index in [-0.39, 0.29) is 18.5 Å². The highest BCUT2D eigenvalue weighted by atomic mass is 16.7. The minimum Gasteiger partial charge on any atom is -0.466 e. The highest BCUT2D eigenvalue weighted by Crippen LogP contribution is 2.23. The zero-order valence-electron chi connectivity index (χ0n) is 43.3. The van der Waals surface area contributed by atoms with Crippen LogP contribution in [0.2, 0.25) is 0 Å². The maximum Gasteiger partial charge on any atom is 0.305 e. The fourth-order valence-corrected chi connectivity index (χ4v) is 8.38. The van der Waals surface area contributed by atoms with Gasteiger partial charge in [-0.15, -0.1) is 0 Å². The molecule has 1 heterocycles. The van der Waals surface area contributed by atoms with E-state index in [2.05, 4.69) is 55.6 Å². The molecule has 1 rings (SSSR count). The van der Waals surface area contributed by atoms with E-state index in [1.165, 1.54) is 116 Å². The summed E-state index contributed by atoms with van der Waals surface area (Å²) in [7, 11) is 0. The van der Waals surface area contributed by atoms with Gasteiger partial charge in [0, 0.05) is 12.8 Å². The van der Waals surface area contributed by atoms with E-state index in [0.717, 1.165) is 96.3 Å². The van der Waals surface area contributed by atoms with E-state index in [1.54, 1.807) is 6.08 Å². The molecular weight excluding hydrogens is 859 g/mol. The largest absolute Gasteiger partial charge is 0.466 e. The van der Waals surface area contributed by atoms with E-state index < -0.39 is 49.5 Å². The number of hydrogen-bond acceptors (Lipinski definition) is 10. The standard InChI is InChI=1S/C57H103NO10/c1-3-5-7-9-11-13-15-24-27-31-35-39-43-50(60)49(48-67-57-56(65)55(64)54(63)51(47-59)68-57)58-52(61)44-40-36-32-28-25-21-19-17-16-18-20-22-26-30-34-38-42-46-66-53(62)45-41-37-33-29-23-14-12-10-8-6-4-2/h10,12,16,18,22,26,39,43,49-51,54-57,59-60,63-65H,3-9,11,13-15,17,19-21,23-25,27-38,40-42,44-48H2,1-2H3,(H,58,61)/b12-10-,18-16-,26-22-,43-39+. The van der Waals surface area contributed by atoms with Crippen molar-refractivity contribution in [1.29, 1.82) is 0 Å². The third-order valence-corrected chi connectivity index (χ3v) is 12.9. The lowest BCUT2D eigenvalue weighted by Crippen LogP contribution is -2.60. The zero-order valence-corrected chi connectivity index (χ0v) is 43.3. The van der Waals surface area contributed by atoms with Crippen LogP contribution in [0.1, 0.15) is 239 Å². The summed E-state index contributed by atoms with van der Waals surface area (Å²) in [5.41, 5.74) is 0. The first-order valence-electron chi connectivity index (χ1n) is 27.9. The molecule has 0 aromatic carbocycles. The molecule has 1 aliphatic rings. The van der Waals surface area contributed by atoms with Crippen LogP contribution in [0.4, 0.5) is 0 Å². The molecule has 11 heteroatoms. The van der Waals surface area contributed by atoms with Crippen molar-refractivity contribution in [1.82, 2.24) is 5.32 Å². The van der Waals surface area contributed by atoms with E-state index >= 15 is 0 Å². The Labute approximate surface area is 415 Å². The predicted molar refractivity (Wildman–Crippen MR) is 278 cm³/mol. The molecule has 0 radical (unpaired) electrons. The van der Waals surface area contributed by atoms with Crippen molar-refractivity contribution >= 4 is 11.9 Å². The topological polar surface area (TPSA) is 175 Å². The minimum absolute atomic E-state index is 0.0442. The number of allylic oxidation sites excluding steroid dienone is 7. The quantitative estimate of drug-likeness (QED) is 0.0196. The summed E-state index contributed by atoms with van der Waals surface area (Å²) >= 11 is 0. The van der Waals surface area contributed by atoms with Crippen LogP contribution in [0, 0.1) is 0 Å². The molecule has 0 saturated carbocycles. The van der Waals surface area contributed by atoms with Crippen molar-refractivity contribution in [3.63, 3.8) is 0 Å². The molecule has 0 bridgehead atoms. The Morgan fingerprint density at radius 1 is 0.544 bits per heavy atom. The van der Waals surface area contributed by atoms with Crippen LogP contribution in [0.5, 0.6) is 0 Å². The van der Waals surface area contributed by atoms with Gasteiger partial charge in [-0.05, 0) is 89.9 Å². The van der Waals surface area contributed by atoms with Gasteiger partial charge in [0.1, 0.15) is 24.4 Å². The highest BCUT2D eigenvalue weighted by Gasteiger charge is 2.44. The Morgan fingerprint density at radius 2 is 1.00 bits per heavy atom.